The minimum atomic E-state index is -0.461. The molecule has 2 atom stereocenters. The van der Waals surface area contributed by atoms with Crippen LogP contribution in [-0.4, -0.2) is 79.4 Å². The van der Waals surface area contributed by atoms with Crippen LogP contribution in [0, 0.1) is 11.8 Å². The van der Waals surface area contributed by atoms with E-state index >= 15 is 0 Å². The van der Waals surface area contributed by atoms with Crippen LogP contribution in [0.1, 0.15) is 53.9 Å². The zero-order valence-electron chi connectivity index (χ0n) is 18.3. The van der Waals surface area contributed by atoms with Gasteiger partial charge < -0.3 is 19.7 Å². The molecule has 28 heavy (non-hydrogen) atoms. The van der Waals surface area contributed by atoms with Gasteiger partial charge >= 0.3 is 6.09 Å². The van der Waals surface area contributed by atoms with Crippen LogP contribution < -0.4 is 5.32 Å². The van der Waals surface area contributed by atoms with Gasteiger partial charge in [-0.05, 0) is 52.4 Å². The number of hydrogen-bond donors (Lipinski definition) is 1. The summed E-state index contributed by atoms with van der Waals surface area (Å²) in [4.78, 5) is 28.7. The van der Waals surface area contributed by atoms with Crippen molar-refractivity contribution in [2.45, 2.75) is 65.5 Å². The summed E-state index contributed by atoms with van der Waals surface area (Å²) in [6.07, 6.45) is 2.17. The summed E-state index contributed by atoms with van der Waals surface area (Å²) in [6.45, 7) is 15.6. The number of piperidine rings is 1. The first-order chi connectivity index (χ1) is 13.1. The zero-order valence-corrected chi connectivity index (χ0v) is 18.3. The second-order valence-electron chi connectivity index (χ2n) is 9.37. The Hall–Kier alpha value is -1.34. The Labute approximate surface area is 170 Å². The quantitative estimate of drug-likeness (QED) is 0.746. The van der Waals surface area contributed by atoms with Crippen LogP contribution in [0.4, 0.5) is 4.79 Å². The molecular weight excluding hydrogens is 358 g/mol. The average molecular weight is 398 g/mol. The number of nitrogens with one attached hydrogen (secondary N) is 1. The number of amides is 2. The lowest BCUT2D eigenvalue weighted by Gasteiger charge is -2.35. The van der Waals surface area contributed by atoms with E-state index in [1.165, 1.54) is 0 Å². The van der Waals surface area contributed by atoms with Crippen LogP contribution in [0.15, 0.2) is 0 Å². The van der Waals surface area contributed by atoms with Crippen LogP contribution >= 0.6 is 0 Å². The van der Waals surface area contributed by atoms with Crippen molar-refractivity contribution >= 4 is 12.0 Å². The van der Waals surface area contributed by atoms with Crippen molar-refractivity contribution in [1.29, 1.82) is 0 Å². The largest absolute Gasteiger partial charge is 0.444 e. The second kappa shape index (κ2) is 10.4. The number of nitrogens with zero attached hydrogens (tertiary/aromatic N) is 2. The highest BCUT2D eigenvalue weighted by Gasteiger charge is 2.30. The molecular formula is C21H39N3O4. The maximum Gasteiger partial charge on any atom is 0.410 e. The maximum atomic E-state index is 12.4. The molecule has 2 aliphatic rings. The van der Waals surface area contributed by atoms with Gasteiger partial charge in [-0.1, -0.05) is 6.92 Å². The van der Waals surface area contributed by atoms with Crippen molar-refractivity contribution in [2.24, 2.45) is 11.8 Å². The molecule has 0 aromatic rings. The van der Waals surface area contributed by atoms with Gasteiger partial charge in [-0.2, -0.15) is 0 Å². The second-order valence-corrected chi connectivity index (χ2v) is 9.37. The number of carbonyl (C=O) groups is 2. The van der Waals surface area contributed by atoms with E-state index < -0.39 is 5.60 Å². The number of rotatable bonds is 6. The molecule has 0 saturated carbocycles. The van der Waals surface area contributed by atoms with Crippen molar-refractivity contribution in [2.75, 3.05) is 45.9 Å². The van der Waals surface area contributed by atoms with Crippen LogP contribution in [0.2, 0.25) is 0 Å². The minimum Gasteiger partial charge on any atom is -0.444 e. The van der Waals surface area contributed by atoms with Gasteiger partial charge in [0.05, 0.1) is 13.2 Å². The summed E-state index contributed by atoms with van der Waals surface area (Å²) in [6, 6.07) is 0.145. The molecule has 0 spiro atoms. The van der Waals surface area contributed by atoms with E-state index in [0.29, 0.717) is 31.3 Å². The Morgan fingerprint density at radius 1 is 1.11 bits per heavy atom. The van der Waals surface area contributed by atoms with Crippen molar-refractivity contribution in [3.05, 3.63) is 0 Å². The van der Waals surface area contributed by atoms with Crippen molar-refractivity contribution in [1.82, 2.24) is 15.1 Å². The standard InChI is InChI=1S/C21H39N3O4/c1-16(14-19(25)22-17(2)15-23-10-12-27-13-11-23)18-6-8-24(9-7-18)20(26)28-21(3,4)5/h16-18H,6-15H2,1-5H3,(H,22,25). The molecule has 0 aromatic carbocycles. The van der Waals surface area contributed by atoms with Crippen LogP contribution in [0.3, 0.4) is 0 Å². The first-order valence-electron chi connectivity index (χ1n) is 10.7. The van der Waals surface area contributed by atoms with Crippen LogP contribution in [0.5, 0.6) is 0 Å². The number of morpholine rings is 1. The lowest BCUT2D eigenvalue weighted by Crippen LogP contribution is -2.46. The van der Waals surface area contributed by atoms with Crippen molar-refractivity contribution in [3.63, 3.8) is 0 Å². The fourth-order valence-corrected chi connectivity index (χ4v) is 3.99. The SMILES string of the molecule is CC(CN1CCOCC1)NC(=O)CC(C)C1CCN(C(=O)OC(C)(C)C)CC1. The highest BCUT2D eigenvalue weighted by atomic mass is 16.6. The monoisotopic (exact) mass is 397 g/mol. The lowest BCUT2D eigenvalue weighted by molar-refractivity contribution is -0.123. The number of carbonyl (C=O) groups excluding carboxylic acids is 2. The first-order valence-corrected chi connectivity index (χ1v) is 10.7. The molecule has 2 saturated heterocycles. The number of ether oxygens (including phenoxy) is 2. The van der Waals surface area contributed by atoms with Gasteiger partial charge in [0.25, 0.3) is 0 Å². The molecule has 1 N–H and O–H groups in total. The Morgan fingerprint density at radius 2 is 1.71 bits per heavy atom. The van der Waals surface area contributed by atoms with Gasteiger partial charge in [-0.15, -0.1) is 0 Å². The highest BCUT2D eigenvalue weighted by Crippen LogP contribution is 2.28. The minimum absolute atomic E-state index is 0.128. The summed E-state index contributed by atoms with van der Waals surface area (Å²) < 4.78 is 10.8. The summed E-state index contributed by atoms with van der Waals surface area (Å²) >= 11 is 0. The Morgan fingerprint density at radius 3 is 2.29 bits per heavy atom. The smallest absolute Gasteiger partial charge is 0.410 e. The third-order valence-electron chi connectivity index (χ3n) is 5.55. The zero-order chi connectivity index (χ0) is 20.7. The predicted molar refractivity (Wildman–Crippen MR) is 109 cm³/mol. The first kappa shape index (κ1) is 22.9. The maximum absolute atomic E-state index is 12.4. The molecule has 0 radical (unpaired) electrons. The number of hydrogen-bond acceptors (Lipinski definition) is 5. The van der Waals surface area contributed by atoms with E-state index in [9.17, 15) is 9.59 Å². The summed E-state index contributed by atoms with van der Waals surface area (Å²) in [5, 5.41) is 3.14. The molecule has 0 aromatic heterocycles. The molecule has 2 rings (SSSR count). The predicted octanol–water partition coefficient (Wildman–Crippen LogP) is 2.50. The Balaban J connectivity index is 1.67. The van der Waals surface area contributed by atoms with Crippen molar-refractivity contribution in [3.8, 4) is 0 Å². The van der Waals surface area contributed by atoms with Gasteiger partial charge in [-0.25, -0.2) is 4.79 Å². The molecule has 2 fully saturated rings. The van der Waals surface area contributed by atoms with E-state index in [4.69, 9.17) is 9.47 Å². The van der Waals surface area contributed by atoms with E-state index in [1.54, 1.807) is 4.90 Å². The van der Waals surface area contributed by atoms with Crippen LogP contribution in [0.25, 0.3) is 0 Å². The molecule has 0 bridgehead atoms. The molecule has 162 valence electrons. The van der Waals surface area contributed by atoms with Gasteiger partial charge in [0.15, 0.2) is 0 Å². The van der Waals surface area contributed by atoms with E-state index in [-0.39, 0.29) is 18.0 Å². The Bertz CT molecular complexity index is 506. The van der Waals surface area contributed by atoms with Gasteiger partial charge in [0, 0.05) is 45.2 Å². The Kier molecular flexibility index (Phi) is 8.56. The summed E-state index contributed by atoms with van der Waals surface area (Å²) in [5.74, 6) is 0.915. The average Bonchev–Trinajstić information content (AvgIpc) is 2.61. The van der Waals surface area contributed by atoms with Crippen molar-refractivity contribution < 1.29 is 19.1 Å². The van der Waals surface area contributed by atoms with Gasteiger partial charge in [0.2, 0.25) is 5.91 Å². The highest BCUT2D eigenvalue weighted by molar-refractivity contribution is 5.76. The third-order valence-corrected chi connectivity index (χ3v) is 5.55. The topological polar surface area (TPSA) is 71.1 Å². The number of likely N-dealkylation sites (tertiary alicyclic amines) is 1. The molecule has 2 unspecified atom stereocenters. The molecule has 0 aliphatic carbocycles. The van der Waals surface area contributed by atoms with Gasteiger partial charge in [0.1, 0.15) is 5.60 Å². The fraction of sp³-hybridized carbons (Fsp3) is 0.905. The van der Waals surface area contributed by atoms with E-state index in [1.807, 2.05) is 20.8 Å². The molecule has 7 nitrogen and oxygen atoms in total. The molecule has 2 heterocycles. The van der Waals surface area contributed by atoms with Gasteiger partial charge in [-0.3, -0.25) is 9.69 Å². The van der Waals surface area contributed by atoms with Crippen LogP contribution in [-0.2, 0) is 14.3 Å². The fourth-order valence-electron chi connectivity index (χ4n) is 3.99. The van der Waals surface area contributed by atoms with E-state index in [2.05, 4.69) is 24.1 Å². The molecule has 2 aliphatic heterocycles. The lowest BCUT2D eigenvalue weighted by atomic mass is 9.83. The van der Waals surface area contributed by atoms with E-state index in [0.717, 1.165) is 45.7 Å². The molecule has 2 amide bonds. The molecule has 7 heteroatoms. The third kappa shape index (κ3) is 7.95. The summed E-state index contributed by atoms with van der Waals surface area (Å²) in [5.41, 5.74) is -0.461. The normalized spacial score (nSPS) is 21.8. The summed E-state index contributed by atoms with van der Waals surface area (Å²) in [7, 11) is 0.